The van der Waals surface area contributed by atoms with E-state index in [1.54, 1.807) is 0 Å². The number of hydrogen-bond donors (Lipinski definition) is 2. The summed E-state index contributed by atoms with van der Waals surface area (Å²) in [6.45, 7) is 5.01. The summed E-state index contributed by atoms with van der Waals surface area (Å²) >= 11 is 0. The van der Waals surface area contributed by atoms with Crippen LogP contribution in [0.2, 0.25) is 0 Å². The molecule has 4 aliphatic rings. The van der Waals surface area contributed by atoms with Gasteiger partial charge in [-0.25, -0.2) is 0 Å². The van der Waals surface area contributed by atoms with Gasteiger partial charge in [0.25, 0.3) is 0 Å². The fourth-order valence-electron chi connectivity index (χ4n) is 7.94. The van der Waals surface area contributed by atoms with E-state index in [1.807, 2.05) is 0 Å². The van der Waals surface area contributed by atoms with Gasteiger partial charge < -0.3 is 10.2 Å². The zero-order chi connectivity index (χ0) is 17.9. The Hall–Kier alpha value is -0.410. The quantitative estimate of drug-likeness (QED) is 0.807. The molecular weight excluding hydrogens is 312 g/mol. The zero-order valence-corrected chi connectivity index (χ0v) is 16.1. The third-order valence-corrected chi connectivity index (χ3v) is 9.55. The number of carbonyl (C=O) groups is 1. The molecular formula is C22H36O3. The Morgan fingerprint density at radius 3 is 2.56 bits per heavy atom. The Morgan fingerprint density at radius 2 is 1.80 bits per heavy atom. The van der Waals surface area contributed by atoms with Crippen molar-refractivity contribution < 1.29 is 15.0 Å². The monoisotopic (exact) mass is 348 g/mol. The van der Waals surface area contributed by atoms with E-state index in [4.69, 9.17) is 0 Å². The summed E-state index contributed by atoms with van der Waals surface area (Å²) < 4.78 is 0. The highest BCUT2D eigenvalue weighted by molar-refractivity contribution is 5.79. The fourth-order valence-corrected chi connectivity index (χ4v) is 7.94. The van der Waals surface area contributed by atoms with Crippen LogP contribution in [0.25, 0.3) is 0 Å². The van der Waals surface area contributed by atoms with Crippen molar-refractivity contribution in [2.45, 2.75) is 90.1 Å². The summed E-state index contributed by atoms with van der Waals surface area (Å²) in [5.41, 5.74) is -0.202. The van der Waals surface area contributed by atoms with Crippen molar-refractivity contribution in [2.75, 3.05) is 6.61 Å². The molecule has 0 aromatic heterocycles. The summed E-state index contributed by atoms with van der Waals surface area (Å²) in [5.74, 6) is 3.20. The van der Waals surface area contributed by atoms with Crippen molar-refractivity contribution >= 4 is 5.78 Å². The largest absolute Gasteiger partial charge is 0.396 e. The Balaban J connectivity index is 1.59. The molecule has 3 heteroatoms. The first-order chi connectivity index (χ1) is 11.8. The van der Waals surface area contributed by atoms with E-state index >= 15 is 0 Å². The Bertz CT molecular complexity index is 545. The third-order valence-electron chi connectivity index (χ3n) is 9.55. The highest BCUT2D eigenvalue weighted by atomic mass is 16.3. The molecule has 4 aliphatic carbocycles. The molecule has 142 valence electrons. The van der Waals surface area contributed by atoms with Crippen molar-refractivity contribution in [3.63, 3.8) is 0 Å². The Morgan fingerprint density at radius 1 is 1.04 bits per heavy atom. The number of rotatable bonds is 3. The zero-order valence-electron chi connectivity index (χ0n) is 16.1. The average molecular weight is 349 g/mol. The van der Waals surface area contributed by atoms with Gasteiger partial charge >= 0.3 is 0 Å². The molecule has 4 fully saturated rings. The number of ketones is 1. The molecule has 4 saturated carbocycles. The molecule has 2 N–H and O–H groups in total. The molecule has 7 atom stereocenters. The highest BCUT2D eigenvalue weighted by Crippen LogP contribution is 2.68. The van der Waals surface area contributed by atoms with Crippen LogP contribution >= 0.6 is 0 Å². The minimum atomic E-state index is -0.578. The number of Topliss-reactive ketones (excluding diaryl/α,β-unsaturated/α-hetero) is 1. The highest BCUT2D eigenvalue weighted by Gasteiger charge is 2.64. The molecule has 0 heterocycles. The van der Waals surface area contributed by atoms with Gasteiger partial charge in [0.15, 0.2) is 0 Å². The van der Waals surface area contributed by atoms with E-state index in [1.165, 1.54) is 19.3 Å². The number of fused-ring (bicyclic) bond motifs is 5. The molecule has 0 radical (unpaired) electrons. The van der Waals surface area contributed by atoms with Crippen molar-refractivity contribution in [1.29, 1.82) is 0 Å². The van der Waals surface area contributed by atoms with E-state index < -0.39 is 5.60 Å². The smallest absolute Gasteiger partial charge is 0.133 e. The molecule has 4 rings (SSSR count). The number of aliphatic hydroxyl groups excluding tert-OH is 1. The van der Waals surface area contributed by atoms with E-state index in [0.29, 0.717) is 23.0 Å². The standard InChI is InChI=1S/C22H36O3/c1-20-10-6-16(24)14-15(20)4-5-17-18(20)7-11-21(2)19(17)8-12-22(21,25)9-3-13-23/h15,17-19,23,25H,3-14H2,1-2H3/t15-,17+,18-,19-,20-,21-,22-/m0/s1. The average Bonchev–Trinajstić information content (AvgIpc) is 2.85. The minimum absolute atomic E-state index is 0.0248. The third kappa shape index (κ3) is 2.48. The van der Waals surface area contributed by atoms with Crippen LogP contribution in [0.4, 0.5) is 0 Å². The maximum atomic E-state index is 12.0. The number of aliphatic hydroxyl groups is 2. The molecule has 25 heavy (non-hydrogen) atoms. The van der Waals surface area contributed by atoms with E-state index in [-0.39, 0.29) is 12.0 Å². The lowest BCUT2D eigenvalue weighted by Gasteiger charge is -2.61. The van der Waals surface area contributed by atoms with Gasteiger partial charge in [-0.1, -0.05) is 13.8 Å². The lowest BCUT2D eigenvalue weighted by atomic mass is 9.44. The van der Waals surface area contributed by atoms with Crippen LogP contribution in [0.3, 0.4) is 0 Å². The van der Waals surface area contributed by atoms with Crippen molar-refractivity contribution in [3.05, 3.63) is 0 Å². The van der Waals surface area contributed by atoms with Crippen LogP contribution in [-0.2, 0) is 4.79 Å². The molecule has 3 nitrogen and oxygen atoms in total. The topological polar surface area (TPSA) is 57.5 Å². The fraction of sp³-hybridized carbons (Fsp3) is 0.955. The maximum absolute atomic E-state index is 12.0. The summed E-state index contributed by atoms with van der Waals surface area (Å²) in [6, 6.07) is 0. The second kappa shape index (κ2) is 6.05. The molecule has 0 aromatic carbocycles. The molecule has 0 aromatic rings. The maximum Gasteiger partial charge on any atom is 0.133 e. The van der Waals surface area contributed by atoms with Crippen LogP contribution in [0.1, 0.15) is 84.5 Å². The van der Waals surface area contributed by atoms with Gasteiger partial charge in [0.1, 0.15) is 5.78 Å². The van der Waals surface area contributed by atoms with Crippen LogP contribution in [0.15, 0.2) is 0 Å². The van der Waals surface area contributed by atoms with Crippen molar-refractivity contribution in [1.82, 2.24) is 0 Å². The summed E-state index contributed by atoms with van der Waals surface area (Å²) in [7, 11) is 0. The molecule has 0 unspecified atom stereocenters. The first-order valence-electron chi connectivity index (χ1n) is 10.7. The molecule has 0 aliphatic heterocycles. The summed E-state index contributed by atoms with van der Waals surface area (Å²) in [5, 5.41) is 20.7. The SMILES string of the molecule is C[C@]12CCC(=O)C[C@@H]1CC[C@@H]1[C@@H]2CC[C@@]2(C)[C@H]1CC[C@@]2(O)CCCO. The van der Waals surface area contributed by atoms with Crippen LogP contribution in [0.5, 0.6) is 0 Å². The number of hydrogen-bond acceptors (Lipinski definition) is 3. The van der Waals surface area contributed by atoms with Crippen LogP contribution in [0, 0.1) is 34.5 Å². The van der Waals surface area contributed by atoms with Gasteiger partial charge in [-0.2, -0.15) is 0 Å². The summed E-state index contributed by atoms with van der Waals surface area (Å²) in [4.78, 5) is 12.0. The molecule has 0 spiro atoms. The first kappa shape index (κ1) is 18.0. The predicted octanol–water partition coefficient (Wildman–Crippen LogP) is 4.10. The van der Waals surface area contributed by atoms with E-state index in [9.17, 15) is 15.0 Å². The van der Waals surface area contributed by atoms with Gasteiger partial charge in [0.05, 0.1) is 5.60 Å². The van der Waals surface area contributed by atoms with Gasteiger partial charge in [-0.05, 0) is 92.3 Å². The van der Waals surface area contributed by atoms with E-state index in [2.05, 4.69) is 13.8 Å². The number of carbonyl (C=O) groups excluding carboxylic acids is 1. The normalized spacial score (nSPS) is 52.4. The second-order valence-electron chi connectivity index (χ2n) is 10.3. The van der Waals surface area contributed by atoms with Gasteiger partial charge in [-0.15, -0.1) is 0 Å². The van der Waals surface area contributed by atoms with E-state index in [0.717, 1.165) is 63.2 Å². The Labute approximate surface area is 152 Å². The van der Waals surface area contributed by atoms with Gasteiger partial charge in [0, 0.05) is 19.4 Å². The van der Waals surface area contributed by atoms with Gasteiger partial charge in [0.2, 0.25) is 0 Å². The van der Waals surface area contributed by atoms with Crippen molar-refractivity contribution in [3.8, 4) is 0 Å². The molecule has 0 bridgehead atoms. The molecule has 0 amide bonds. The second-order valence-corrected chi connectivity index (χ2v) is 10.3. The van der Waals surface area contributed by atoms with Gasteiger partial charge in [-0.3, -0.25) is 4.79 Å². The lowest BCUT2D eigenvalue weighted by Crippen LogP contribution is -2.56. The van der Waals surface area contributed by atoms with Crippen molar-refractivity contribution in [2.24, 2.45) is 34.5 Å². The molecule has 0 saturated heterocycles. The minimum Gasteiger partial charge on any atom is -0.396 e. The Kier molecular flexibility index (Phi) is 4.35. The van der Waals surface area contributed by atoms with Crippen LogP contribution < -0.4 is 0 Å². The summed E-state index contributed by atoms with van der Waals surface area (Å²) in [6.07, 6.45) is 11.1. The lowest BCUT2D eigenvalue weighted by molar-refractivity contribution is -0.158. The first-order valence-corrected chi connectivity index (χ1v) is 10.7. The predicted molar refractivity (Wildman–Crippen MR) is 98.0 cm³/mol. The van der Waals surface area contributed by atoms with Crippen LogP contribution in [-0.4, -0.2) is 28.2 Å².